The Morgan fingerprint density at radius 3 is 3.00 bits per heavy atom. The molecule has 2 heterocycles. The Balaban J connectivity index is 1.51. The summed E-state index contributed by atoms with van der Waals surface area (Å²) in [6.45, 7) is 5.63. The molecule has 0 fully saturated rings. The minimum atomic E-state index is -0.205. The predicted molar refractivity (Wildman–Crippen MR) is 93.0 cm³/mol. The van der Waals surface area contributed by atoms with Crippen molar-refractivity contribution in [3.05, 3.63) is 48.3 Å². The number of nitrogens with one attached hydrogen (secondary N) is 1. The third-order valence-corrected chi connectivity index (χ3v) is 4.38. The molecule has 1 aromatic heterocycles. The van der Waals surface area contributed by atoms with E-state index in [0.717, 1.165) is 25.1 Å². The summed E-state index contributed by atoms with van der Waals surface area (Å²) in [4.78, 5) is 12.1. The summed E-state index contributed by atoms with van der Waals surface area (Å²) >= 11 is 0. The minimum absolute atomic E-state index is 0.101. The van der Waals surface area contributed by atoms with Crippen LogP contribution in [0, 0.1) is 0 Å². The number of hydrogen-bond donors (Lipinski definition) is 1. The predicted octanol–water partition coefficient (Wildman–Crippen LogP) is 3.12. The summed E-state index contributed by atoms with van der Waals surface area (Å²) in [6.07, 6.45) is 5.89. The first kappa shape index (κ1) is 16.6. The van der Waals surface area contributed by atoms with Gasteiger partial charge in [0.25, 0.3) is 0 Å². The van der Waals surface area contributed by atoms with Gasteiger partial charge in [-0.15, -0.1) is 0 Å². The van der Waals surface area contributed by atoms with E-state index >= 15 is 0 Å². The van der Waals surface area contributed by atoms with Crippen LogP contribution in [0.4, 0.5) is 0 Å². The summed E-state index contributed by atoms with van der Waals surface area (Å²) in [5.41, 5.74) is 0.984. The van der Waals surface area contributed by atoms with Crippen LogP contribution in [-0.4, -0.2) is 27.8 Å². The SMILES string of the molecule is CC1(C)CC(CNC(=O)CCCn2cccn2)c2ccccc2O1. The number of nitrogens with zero attached hydrogens (tertiary/aromatic N) is 2. The number of para-hydroxylation sites is 1. The number of ether oxygens (including phenoxy) is 1. The lowest BCUT2D eigenvalue weighted by atomic mass is 9.84. The van der Waals surface area contributed by atoms with E-state index in [1.54, 1.807) is 6.20 Å². The van der Waals surface area contributed by atoms with Crippen LogP contribution >= 0.6 is 0 Å². The van der Waals surface area contributed by atoms with Crippen molar-refractivity contribution in [2.24, 2.45) is 0 Å². The van der Waals surface area contributed by atoms with Crippen molar-refractivity contribution in [2.45, 2.75) is 51.2 Å². The molecule has 0 radical (unpaired) electrons. The number of hydrogen-bond acceptors (Lipinski definition) is 3. The van der Waals surface area contributed by atoms with Gasteiger partial charge in [0.05, 0.1) is 0 Å². The molecule has 5 nitrogen and oxygen atoms in total. The van der Waals surface area contributed by atoms with Crippen molar-refractivity contribution >= 4 is 5.91 Å². The molecule has 0 saturated heterocycles. The second-order valence-corrected chi connectivity index (χ2v) is 6.98. The summed E-state index contributed by atoms with van der Waals surface area (Å²) in [7, 11) is 0. The minimum Gasteiger partial charge on any atom is -0.488 e. The molecule has 128 valence electrons. The summed E-state index contributed by atoms with van der Waals surface area (Å²) in [5.74, 6) is 1.33. The van der Waals surface area contributed by atoms with Gasteiger partial charge in [0.15, 0.2) is 0 Å². The Labute approximate surface area is 143 Å². The largest absolute Gasteiger partial charge is 0.488 e. The quantitative estimate of drug-likeness (QED) is 0.887. The Morgan fingerprint density at radius 2 is 2.21 bits per heavy atom. The summed E-state index contributed by atoms with van der Waals surface area (Å²) in [6, 6.07) is 10.0. The van der Waals surface area contributed by atoms with Crippen molar-refractivity contribution < 1.29 is 9.53 Å². The molecular weight excluding hydrogens is 302 g/mol. The molecule has 3 rings (SSSR count). The molecule has 1 amide bonds. The van der Waals surface area contributed by atoms with E-state index < -0.39 is 0 Å². The van der Waals surface area contributed by atoms with Crippen molar-refractivity contribution in [1.82, 2.24) is 15.1 Å². The van der Waals surface area contributed by atoms with Crippen LogP contribution in [-0.2, 0) is 11.3 Å². The van der Waals surface area contributed by atoms with E-state index in [-0.39, 0.29) is 11.5 Å². The molecule has 2 aromatic rings. The van der Waals surface area contributed by atoms with Crippen molar-refractivity contribution in [3.63, 3.8) is 0 Å². The highest BCUT2D eigenvalue weighted by Gasteiger charge is 2.33. The zero-order chi connectivity index (χ0) is 17.0. The van der Waals surface area contributed by atoms with Gasteiger partial charge in [-0.3, -0.25) is 9.48 Å². The Hall–Kier alpha value is -2.30. The monoisotopic (exact) mass is 327 g/mol. The number of carbonyl (C=O) groups is 1. The van der Waals surface area contributed by atoms with Crippen LogP contribution in [0.3, 0.4) is 0 Å². The standard InChI is InChI=1S/C19H25N3O2/c1-19(2)13-15(16-7-3-4-8-17(16)24-19)14-20-18(23)9-5-11-22-12-6-10-21-22/h3-4,6-8,10,12,15H,5,9,11,13-14H2,1-2H3,(H,20,23). The van der Waals surface area contributed by atoms with Gasteiger partial charge in [0.2, 0.25) is 5.91 Å². The van der Waals surface area contributed by atoms with Crippen LogP contribution in [0.15, 0.2) is 42.7 Å². The lowest BCUT2D eigenvalue weighted by Crippen LogP contribution is -2.39. The topological polar surface area (TPSA) is 56.2 Å². The first-order chi connectivity index (χ1) is 11.5. The van der Waals surface area contributed by atoms with Crippen LogP contribution in [0.5, 0.6) is 5.75 Å². The Morgan fingerprint density at radius 1 is 1.38 bits per heavy atom. The maximum Gasteiger partial charge on any atom is 0.220 e. The molecule has 1 aromatic carbocycles. The van der Waals surface area contributed by atoms with Crippen molar-refractivity contribution in [1.29, 1.82) is 0 Å². The van der Waals surface area contributed by atoms with Gasteiger partial charge in [0.1, 0.15) is 11.4 Å². The highest BCUT2D eigenvalue weighted by molar-refractivity contribution is 5.75. The molecule has 0 aliphatic carbocycles. The third kappa shape index (κ3) is 4.16. The van der Waals surface area contributed by atoms with Gasteiger partial charge >= 0.3 is 0 Å². The lowest BCUT2D eigenvalue weighted by molar-refractivity contribution is -0.121. The normalized spacial score (nSPS) is 18.5. The van der Waals surface area contributed by atoms with Crippen LogP contribution in [0.2, 0.25) is 0 Å². The smallest absolute Gasteiger partial charge is 0.220 e. The van der Waals surface area contributed by atoms with E-state index in [4.69, 9.17) is 4.74 Å². The molecule has 1 atom stereocenters. The fourth-order valence-electron chi connectivity index (χ4n) is 3.30. The summed E-state index contributed by atoms with van der Waals surface area (Å²) < 4.78 is 7.89. The maximum atomic E-state index is 12.1. The van der Waals surface area contributed by atoms with Crippen LogP contribution < -0.4 is 10.1 Å². The average Bonchev–Trinajstić information content (AvgIpc) is 3.05. The van der Waals surface area contributed by atoms with E-state index in [9.17, 15) is 4.79 Å². The number of rotatable bonds is 6. The van der Waals surface area contributed by atoms with Gasteiger partial charge in [-0.1, -0.05) is 18.2 Å². The highest BCUT2D eigenvalue weighted by atomic mass is 16.5. The number of carbonyl (C=O) groups excluding carboxylic acids is 1. The second kappa shape index (κ2) is 7.07. The summed E-state index contributed by atoms with van der Waals surface area (Å²) in [5, 5.41) is 7.23. The van der Waals surface area contributed by atoms with E-state index in [2.05, 4.69) is 30.3 Å². The zero-order valence-corrected chi connectivity index (χ0v) is 14.4. The molecule has 1 aliphatic rings. The maximum absolute atomic E-state index is 12.1. The highest BCUT2D eigenvalue weighted by Crippen LogP contribution is 2.40. The molecule has 0 spiro atoms. The fourth-order valence-corrected chi connectivity index (χ4v) is 3.30. The van der Waals surface area contributed by atoms with Crippen LogP contribution in [0.1, 0.15) is 44.6 Å². The number of aromatic nitrogens is 2. The third-order valence-electron chi connectivity index (χ3n) is 4.38. The molecule has 5 heteroatoms. The van der Waals surface area contributed by atoms with Gasteiger partial charge in [0, 0.05) is 37.8 Å². The van der Waals surface area contributed by atoms with Gasteiger partial charge in [-0.05, 0) is 44.4 Å². The Kier molecular flexibility index (Phi) is 4.88. The fraction of sp³-hybridized carbons (Fsp3) is 0.474. The zero-order valence-electron chi connectivity index (χ0n) is 14.4. The molecule has 1 aliphatic heterocycles. The van der Waals surface area contributed by atoms with Crippen LogP contribution in [0.25, 0.3) is 0 Å². The number of amides is 1. The first-order valence-corrected chi connectivity index (χ1v) is 8.55. The van der Waals surface area contributed by atoms with Crippen molar-refractivity contribution in [2.75, 3.05) is 6.54 Å². The molecule has 0 saturated carbocycles. The second-order valence-electron chi connectivity index (χ2n) is 6.98. The van der Waals surface area contributed by atoms with E-state index in [1.165, 1.54) is 5.56 Å². The van der Waals surface area contributed by atoms with E-state index in [0.29, 0.717) is 18.9 Å². The van der Waals surface area contributed by atoms with Gasteiger partial charge in [-0.2, -0.15) is 5.10 Å². The lowest BCUT2D eigenvalue weighted by Gasteiger charge is -2.37. The van der Waals surface area contributed by atoms with Gasteiger partial charge < -0.3 is 10.1 Å². The molecule has 0 bridgehead atoms. The Bertz CT molecular complexity index is 680. The van der Waals surface area contributed by atoms with Gasteiger partial charge in [-0.25, -0.2) is 0 Å². The molecule has 24 heavy (non-hydrogen) atoms. The first-order valence-electron chi connectivity index (χ1n) is 8.55. The average molecular weight is 327 g/mol. The number of fused-ring (bicyclic) bond motifs is 1. The molecular formula is C19H25N3O2. The number of aryl methyl sites for hydroxylation is 1. The molecule has 1 N–H and O–H groups in total. The molecule has 1 unspecified atom stereocenters. The number of benzene rings is 1. The van der Waals surface area contributed by atoms with Crippen molar-refractivity contribution in [3.8, 4) is 5.75 Å². The van der Waals surface area contributed by atoms with E-state index in [1.807, 2.05) is 35.1 Å².